The SMILES string of the molecule is CC1(c2ccccc2)CC(S(=O)(=O)c2ccc(/C(N)=N/O)cc2)=C(c2ccc(/C(N)=N/O)cc2)O1. The zero-order valence-electron chi connectivity index (χ0n) is 18.8. The van der Waals surface area contributed by atoms with E-state index in [1.54, 1.807) is 24.3 Å². The van der Waals surface area contributed by atoms with Gasteiger partial charge in [0.15, 0.2) is 11.7 Å². The molecule has 1 atom stereocenters. The number of rotatable bonds is 6. The molecule has 0 bridgehead atoms. The van der Waals surface area contributed by atoms with Crippen molar-refractivity contribution in [2.24, 2.45) is 21.8 Å². The van der Waals surface area contributed by atoms with Crippen molar-refractivity contribution in [1.82, 2.24) is 0 Å². The van der Waals surface area contributed by atoms with Gasteiger partial charge in [0.2, 0.25) is 9.84 Å². The Morgan fingerprint density at radius 2 is 1.37 bits per heavy atom. The summed E-state index contributed by atoms with van der Waals surface area (Å²) in [6.07, 6.45) is 0.110. The van der Waals surface area contributed by atoms with Crippen molar-refractivity contribution in [1.29, 1.82) is 0 Å². The third-order valence-electron chi connectivity index (χ3n) is 5.91. The molecule has 0 spiro atoms. The van der Waals surface area contributed by atoms with E-state index in [0.717, 1.165) is 5.56 Å². The molecule has 0 amide bonds. The van der Waals surface area contributed by atoms with Crippen molar-refractivity contribution < 1.29 is 23.6 Å². The van der Waals surface area contributed by atoms with Gasteiger partial charge in [0.25, 0.3) is 0 Å². The molecule has 9 nitrogen and oxygen atoms in total. The molecule has 1 heterocycles. The highest BCUT2D eigenvalue weighted by molar-refractivity contribution is 7.95. The molecular formula is C25H24N4O5S. The van der Waals surface area contributed by atoms with Crippen LogP contribution in [-0.4, -0.2) is 30.5 Å². The van der Waals surface area contributed by atoms with Crippen LogP contribution in [0.25, 0.3) is 5.76 Å². The number of hydrogen-bond acceptors (Lipinski definition) is 7. The molecule has 10 heteroatoms. The molecule has 0 aromatic heterocycles. The van der Waals surface area contributed by atoms with Gasteiger partial charge in [0, 0.05) is 23.1 Å². The van der Waals surface area contributed by atoms with E-state index < -0.39 is 15.4 Å². The Hall–Kier alpha value is -4.31. The van der Waals surface area contributed by atoms with Gasteiger partial charge < -0.3 is 26.6 Å². The second kappa shape index (κ2) is 9.15. The standard InChI is InChI=1S/C25H24N4O5S/c1-25(19-5-3-2-4-6-19)15-21(22(34-25)16-7-9-17(10-8-16)23(26)28-30)35(32,33)20-13-11-18(12-14-20)24(27)29-31/h2-14,30-31H,15H2,1H3,(H2,26,28)(H2,27,29). The molecule has 0 radical (unpaired) electrons. The van der Waals surface area contributed by atoms with Crippen LogP contribution in [-0.2, 0) is 20.2 Å². The van der Waals surface area contributed by atoms with Crippen LogP contribution in [0.5, 0.6) is 0 Å². The fourth-order valence-corrected chi connectivity index (χ4v) is 5.60. The molecule has 180 valence electrons. The highest BCUT2D eigenvalue weighted by Crippen LogP contribution is 2.48. The summed E-state index contributed by atoms with van der Waals surface area (Å²) in [7, 11) is -3.97. The first-order valence-electron chi connectivity index (χ1n) is 10.6. The lowest BCUT2D eigenvalue weighted by molar-refractivity contribution is 0.0777. The Balaban J connectivity index is 1.83. The lowest BCUT2D eigenvalue weighted by Gasteiger charge is -2.26. The minimum atomic E-state index is -3.97. The molecular weight excluding hydrogens is 468 g/mol. The second-order valence-corrected chi connectivity index (χ2v) is 10.2. The highest BCUT2D eigenvalue weighted by Gasteiger charge is 2.44. The summed E-state index contributed by atoms with van der Waals surface area (Å²) in [6, 6.07) is 21.7. The topological polar surface area (TPSA) is 161 Å². The molecule has 3 aromatic carbocycles. The summed E-state index contributed by atoms with van der Waals surface area (Å²) in [5.74, 6) is 0.0361. The van der Waals surface area contributed by atoms with E-state index in [-0.39, 0.29) is 33.7 Å². The predicted octanol–water partition coefficient (Wildman–Crippen LogP) is 3.35. The van der Waals surface area contributed by atoms with Crippen LogP contribution in [0.3, 0.4) is 0 Å². The minimum Gasteiger partial charge on any atom is -0.481 e. The summed E-state index contributed by atoms with van der Waals surface area (Å²) in [6.45, 7) is 1.84. The zero-order chi connectivity index (χ0) is 25.2. The number of nitrogens with zero attached hydrogens (tertiary/aromatic N) is 2. The summed E-state index contributed by atoms with van der Waals surface area (Å²) in [4.78, 5) is 0.172. The first-order valence-corrected chi connectivity index (χ1v) is 12.1. The Morgan fingerprint density at radius 3 is 1.89 bits per heavy atom. The smallest absolute Gasteiger partial charge is 0.206 e. The van der Waals surface area contributed by atoms with Gasteiger partial charge in [-0.2, -0.15) is 0 Å². The van der Waals surface area contributed by atoms with E-state index in [1.165, 1.54) is 24.3 Å². The number of ether oxygens (including phenoxy) is 1. The molecule has 0 saturated heterocycles. The molecule has 0 aliphatic carbocycles. The quantitative estimate of drug-likeness (QED) is 0.178. The van der Waals surface area contributed by atoms with Gasteiger partial charge in [-0.05, 0) is 36.8 Å². The molecule has 35 heavy (non-hydrogen) atoms. The summed E-state index contributed by atoms with van der Waals surface area (Å²) in [5, 5.41) is 23.7. The number of amidine groups is 2. The molecule has 6 N–H and O–H groups in total. The molecule has 3 aromatic rings. The Bertz CT molecular complexity index is 1430. The normalized spacial score (nSPS) is 19.0. The van der Waals surface area contributed by atoms with Crippen molar-refractivity contribution in [2.45, 2.75) is 23.8 Å². The maximum atomic E-state index is 13.8. The second-order valence-electron chi connectivity index (χ2n) is 8.20. The average Bonchev–Trinajstić information content (AvgIpc) is 3.28. The van der Waals surface area contributed by atoms with Gasteiger partial charge in [0.1, 0.15) is 11.4 Å². The number of hydrogen-bond donors (Lipinski definition) is 4. The van der Waals surface area contributed by atoms with Crippen molar-refractivity contribution in [3.8, 4) is 0 Å². The maximum Gasteiger partial charge on any atom is 0.206 e. The largest absolute Gasteiger partial charge is 0.481 e. The van der Waals surface area contributed by atoms with Gasteiger partial charge in [-0.15, -0.1) is 0 Å². The molecule has 4 rings (SSSR count). The first-order chi connectivity index (χ1) is 16.7. The summed E-state index contributed by atoms with van der Waals surface area (Å²) < 4.78 is 33.9. The first kappa shape index (κ1) is 23.8. The Kier molecular flexibility index (Phi) is 6.23. The molecule has 1 aliphatic heterocycles. The fraction of sp³-hybridized carbons (Fsp3) is 0.120. The fourth-order valence-electron chi connectivity index (χ4n) is 3.95. The Morgan fingerprint density at radius 1 is 0.857 bits per heavy atom. The number of nitrogens with two attached hydrogens (primary N) is 2. The monoisotopic (exact) mass is 492 g/mol. The van der Waals surface area contributed by atoms with Crippen LogP contribution in [0, 0.1) is 0 Å². The van der Waals surface area contributed by atoms with E-state index >= 15 is 0 Å². The molecule has 0 saturated carbocycles. The summed E-state index contributed by atoms with van der Waals surface area (Å²) in [5.41, 5.74) is 12.6. The average molecular weight is 493 g/mol. The van der Waals surface area contributed by atoms with Crippen LogP contribution < -0.4 is 11.5 Å². The predicted molar refractivity (Wildman–Crippen MR) is 132 cm³/mol. The van der Waals surface area contributed by atoms with Crippen molar-refractivity contribution >= 4 is 27.3 Å². The van der Waals surface area contributed by atoms with E-state index in [0.29, 0.717) is 16.7 Å². The van der Waals surface area contributed by atoms with Crippen LogP contribution in [0.2, 0.25) is 0 Å². The van der Waals surface area contributed by atoms with Crippen molar-refractivity contribution in [3.05, 3.63) is 106 Å². The lowest BCUT2D eigenvalue weighted by Crippen LogP contribution is -2.21. The third-order valence-corrected chi connectivity index (χ3v) is 7.78. The number of oxime groups is 2. The van der Waals surface area contributed by atoms with Gasteiger partial charge in [-0.25, -0.2) is 8.42 Å². The molecule has 0 fully saturated rings. The van der Waals surface area contributed by atoms with E-state index in [1.807, 2.05) is 37.3 Å². The molecule has 1 unspecified atom stereocenters. The number of benzene rings is 3. The molecule has 1 aliphatic rings. The van der Waals surface area contributed by atoms with Gasteiger partial charge >= 0.3 is 0 Å². The number of sulfone groups is 1. The van der Waals surface area contributed by atoms with Crippen LogP contribution in [0.4, 0.5) is 0 Å². The third kappa shape index (κ3) is 4.43. The maximum absolute atomic E-state index is 13.8. The van der Waals surface area contributed by atoms with E-state index in [9.17, 15) is 8.42 Å². The lowest BCUT2D eigenvalue weighted by atomic mass is 9.93. The zero-order valence-corrected chi connectivity index (χ0v) is 19.6. The Labute approximate surface area is 202 Å². The van der Waals surface area contributed by atoms with E-state index in [2.05, 4.69) is 10.3 Å². The van der Waals surface area contributed by atoms with Gasteiger partial charge in [-0.3, -0.25) is 0 Å². The van der Waals surface area contributed by atoms with E-state index in [4.69, 9.17) is 26.6 Å². The van der Waals surface area contributed by atoms with Crippen LogP contribution in [0.15, 0.2) is 99.0 Å². The van der Waals surface area contributed by atoms with Gasteiger partial charge in [-0.1, -0.05) is 64.9 Å². The van der Waals surface area contributed by atoms with Crippen molar-refractivity contribution in [2.75, 3.05) is 0 Å². The van der Waals surface area contributed by atoms with Crippen LogP contribution in [0.1, 0.15) is 35.6 Å². The van der Waals surface area contributed by atoms with Crippen molar-refractivity contribution in [3.63, 3.8) is 0 Å². The summed E-state index contributed by atoms with van der Waals surface area (Å²) >= 11 is 0. The minimum absolute atomic E-state index is 0.0497. The van der Waals surface area contributed by atoms with Gasteiger partial charge in [0.05, 0.1) is 9.80 Å². The van der Waals surface area contributed by atoms with Crippen LogP contribution >= 0.6 is 0 Å². The highest BCUT2D eigenvalue weighted by atomic mass is 32.2.